The molecule has 0 fully saturated rings. The standard InChI is InChI=1S/C13H9N5/c14-8-9-3-1-4-10(7-9)18-13(15)12-11(17-18)5-2-6-16-12/h1-7H,15H2. The molecule has 0 bridgehead atoms. The van der Waals surface area contributed by atoms with Gasteiger partial charge in [0.25, 0.3) is 0 Å². The number of hydrogen-bond acceptors (Lipinski definition) is 4. The second kappa shape index (κ2) is 3.86. The smallest absolute Gasteiger partial charge is 0.153 e. The summed E-state index contributed by atoms with van der Waals surface area (Å²) in [6, 6.07) is 12.9. The van der Waals surface area contributed by atoms with Crippen LogP contribution in [0.4, 0.5) is 5.82 Å². The maximum atomic E-state index is 8.89. The zero-order valence-corrected chi connectivity index (χ0v) is 9.41. The summed E-state index contributed by atoms with van der Waals surface area (Å²) < 4.78 is 1.60. The molecule has 2 aromatic heterocycles. The van der Waals surface area contributed by atoms with Gasteiger partial charge in [-0.2, -0.15) is 10.4 Å². The number of nitrogen functional groups attached to an aromatic ring is 1. The Hall–Kier alpha value is -2.87. The minimum atomic E-state index is 0.473. The summed E-state index contributed by atoms with van der Waals surface area (Å²) in [5, 5.41) is 13.3. The van der Waals surface area contributed by atoms with Crippen molar-refractivity contribution < 1.29 is 0 Å². The Morgan fingerprint density at radius 2 is 2.11 bits per heavy atom. The summed E-state index contributed by atoms with van der Waals surface area (Å²) in [6.45, 7) is 0. The van der Waals surface area contributed by atoms with Gasteiger partial charge in [-0.3, -0.25) is 4.98 Å². The number of anilines is 1. The van der Waals surface area contributed by atoms with Crippen LogP contribution in [0.15, 0.2) is 42.6 Å². The van der Waals surface area contributed by atoms with Crippen molar-refractivity contribution in [2.24, 2.45) is 0 Å². The fraction of sp³-hybridized carbons (Fsp3) is 0. The van der Waals surface area contributed by atoms with Gasteiger partial charge in [0, 0.05) is 6.20 Å². The normalized spacial score (nSPS) is 10.4. The van der Waals surface area contributed by atoms with E-state index >= 15 is 0 Å². The third kappa shape index (κ3) is 1.48. The van der Waals surface area contributed by atoms with E-state index in [0.29, 0.717) is 16.9 Å². The fourth-order valence-corrected chi connectivity index (χ4v) is 1.84. The van der Waals surface area contributed by atoms with E-state index in [0.717, 1.165) is 11.2 Å². The molecule has 0 unspecified atom stereocenters. The first-order valence-electron chi connectivity index (χ1n) is 5.39. The highest BCUT2D eigenvalue weighted by atomic mass is 15.3. The average molecular weight is 235 g/mol. The molecule has 5 heteroatoms. The van der Waals surface area contributed by atoms with Crippen LogP contribution in [-0.2, 0) is 0 Å². The van der Waals surface area contributed by atoms with Crippen LogP contribution in [0.5, 0.6) is 0 Å². The lowest BCUT2D eigenvalue weighted by atomic mass is 10.2. The first-order chi connectivity index (χ1) is 8.79. The van der Waals surface area contributed by atoms with Crippen LogP contribution >= 0.6 is 0 Å². The van der Waals surface area contributed by atoms with Crippen LogP contribution in [0, 0.1) is 11.3 Å². The van der Waals surface area contributed by atoms with E-state index in [4.69, 9.17) is 11.0 Å². The summed E-state index contributed by atoms with van der Waals surface area (Å²) in [5.74, 6) is 0.473. The molecule has 0 amide bonds. The number of pyridine rings is 1. The SMILES string of the molecule is N#Cc1cccc(-n2nc3cccnc3c2N)c1. The molecule has 3 aromatic rings. The van der Waals surface area contributed by atoms with E-state index in [2.05, 4.69) is 16.2 Å². The molecule has 0 atom stereocenters. The largest absolute Gasteiger partial charge is 0.382 e. The molecule has 5 nitrogen and oxygen atoms in total. The molecule has 0 aliphatic rings. The molecule has 0 saturated heterocycles. The van der Waals surface area contributed by atoms with Crippen LogP contribution < -0.4 is 5.73 Å². The van der Waals surface area contributed by atoms with Gasteiger partial charge in [-0.05, 0) is 30.3 Å². The maximum absolute atomic E-state index is 8.89. The molecule has 18 heavy (non-hydrogen) atoms. The molecule has 1 aromatic carbocycles. The zero-order chi connectivity index (χ0) is 12.5. The maximum Gasteiger partial charge on any atom is 0.153 e. The van der Waals surface area contributed by atoms with Crippen molar-refractivity contribution >= 4 is 16.9 Å². The number of aromatic nitrogens is 3. The van der Waals surface area contributed by atoms with Gasteiger partial charge in [-0.25, -0.2) is 4.68 Å². The van der Waals surface area contributed by atoms with Crippen LogP contribution in [0.1, 0.15) is 5.56 Å². The Balaban J connectivity index is 2.25. The highest BCUT2D eigenvalue weighted by Gasteiger charge is 2.10. The van der Waals surface area contributed by atoms with Crippen molar-refractivity contribution in [1.82, 2.24) is 14.8 Å². The van der Waals surface area contributed by atoms with E-state index in [9.17, 15) is 0 Å². The number of nitrogens with two attached hydrogens (primary N) is 1. The second-order valence-corrected chi connectivity index (χ2v) is 3.83. The van der Waals surface area contributed by atoms with Gasteiger partial charge < -0.3 is 5.73 Å². The van der Waals surface area contributed by atoms with Crippen LogP contribution in [0.25, 0.3) is 16.7 Å². The minimum absolute atomic E-state index is 0.473. The fourth-order valence-electron chi connectivity index (χ4n) is 1.84. The van der Waals surface area contributed by atoms with E-state index in [1.807, 2.05) is 18.2 Å². The predicted molar refractivity (Wildman–Crippen MR) is 68.0 cm³/mol. The van der Waals surface area contributed by atoms with Gasteiger partial charge >= 0.3 is 0 Å². The Morgan fingerprint density at radius 3 is 2.89 bits per heavy atom. The quantitative estimate of drug-likeness (QED) is 0.698. The molecule has 86 valence electrons. The number of hydrogen-bond donors (Lipinski definition) is 1. The lowest BCUT2D eigenvalue weighted by Crippen LogP contribution is -2.01. The molecule has 0 radical (unpaired) electrons. The summed E-state index contributed by atoms with van der Waals surface area (Å²) in [6.07, 6.45) is 1.68. The van der Waals surface area contributed by atoms with Crippen molar-refractivity contribution in [2.75, 3.05) is 5.73 Å². The monoisotopic (exact) mass is 235 g/mol. The minimum Gasteiger partial charge on any atom is -0.382 e. The van der Waals surface area contributed by atoms with Crippen molar-refractivity contribution in [3.8, 4) is 11.8 Å². The highest BCUT2D eigenvalue weighted by molar-refractivity contribution is 5.85. The topological polar surface area (TPSA) is 80.5 Å². The number of benzene rings is 1. The first kappa shape index (κ1) is 10.3. The van der Waals surface area contributed by atoms with Gasteiger partial charge in [0.15, 0.2) is 5.82 Å². The molecular weight excluding hydrogens is 226 g/mol. The lowest BCUT2D eigenvalue weighted by Gasteiger charge is -2.03. The van der Waals surface area contributed by atoms with E-state index in [-0.39, 0.29) is 0 Å². The third-order valence-electron chi connectivity index (χ3n) is 2.68. The number of nitriles is 1. The molecule has 3 rings (SSSR count). The first-order valence-corrected chi connectivity index (χ1v) is 5.39. The van der Waals surface area contributed by atoms with E-state index in [1.54, 1.807) is 29.1 Å². The molecule has 0 spiro atoms. The Bertz CT molecular complexity index is 766. The second-order valence-electron chi connectivity index (χ2n) is 3.83. The van der Waals surface area contributed by atoms with Crippen molar-refractivity contribution in [3.05, 3.63) is 48.2 Å². The summed E-state index contributed by atoms with van der Waals surface area (Å²) in [7, 11) is 0. The molecular formula is C13H9N5. The summed E-state index contributed by atoms with van der Waals surface area (Å²) >= 11 is 0. The van der Waals surface area contributed by atoms with Gasteiger partial charge in [-0.15, -0.1) is 0 Å². The molecule has 0 saturated carbocycles. The Kier molecular flexibility index (Phi) is 2.21. The van der Waals surface area contributed by atoms with Gasteiger partial charge in [0.05, 0.1) is 17.3 Å². The van der Waals surface area contributed by atoms with Gasteiger partial charge in [0.1, 0.15) is 11.0 Å². The van der Waals surface area contributed by atoms with E-state index < -0.39 is 0 Å². The van der Waals surface area contributed by atoms with Gasteiger partial charge in [0.2, 0.25) is 0 Å². The number of nitrogens with zero attached hydrogens (tertiary/aromatic N) is 4. The molecule has 0 aliphatic heterocycles. The van der Waals surface area contributed by atoms with Crippen LogP contribution in [0.2, 0.25) is 0 Å². The van der Waals surface area contributed by atoms with Crippen molar-refractivity contribution in [2.45, 2.75) is 0 Å². The van der Waals surface area contributed by atoms with Crippen LogP contribution in [-0.4, -0.2) is 14.8 Å². The Labute approximate surface area is 103 Å². The zero-order valence-electron chi connectivity index (χ0n) is 9.41. The highest BCUT2D eigenvalue weighted by Crippen LogP contribution is 2.21. The molecule has 2 N–H and O–H groups in total. The van der Waals surface area contributed by atoms with Crippen LogP contribution in [0.3, 0.4) is 0 Å². The number of rotatable bonds is 1. The third-order valence-corrected chi connectivity index (χ3v) is 2.68. The molecule has 2 heterocycles. The molecule has 0 aliphatic carbocycles. The summed E-state index contributed by atoms with van der Waals surface area (Å²) in [5.41, 5.74) is 8.74. The van der Waals surface area contributed by atoms with Crippen molar-refractivity contribution in [1.29, 1.82) is 5.26 Å². The lowest BCUT2D eigenvalue weighted by molar-refractivity contribution is 0.907. The Morgan fingerprint density at radius 1 is 1.22 bits per heavy atom. The predicted octanol–water partition coefficient (Wildman–Crippen LogP) is 1.87. The summed E-state index contributed by atoms with van der Waals surface area (Å²) in [4.78, 5) is 4.20. The van der Waals surface area contributed by atoms with Gasteiger partial charge in [-0.1, -0.05) is 6.07 Å². The van der Waals surface area contributed by atoms with E-state index in [1.165, 1.54) is 0 Å². The van der Waals surface area contributed by atoms with Crippen molar-refractivity contribution in [3.63, 3.8) is 0 Å². The number of fused-ring (bicyclic) bond motifs is 1. The average Bonchev–Trinajstić information content (AvgIpc) is 2.77.